The SMILES string of the molecule is Cc1c(Cl)cccc1NC(=O)C(CO)C(C)C. The summed E-state index contributed by atoms with van der Waals surface area (Å²) in [6, 6.07) is 5.36. The van der Waals surface area contributed by atoms with Crippen molar-refractivity contribution < 1.29 is 9.90 Å². The molecule has 4 heteroatoms. The van der Waals surface area contributed by atoms with Crippen molar-refractivity contribution >= 4 is 23.2 Å². The van der Waals surface area contributed by atoms with E-state index in [2.05, 4.69) is 5.32 Å². The Hall–Kier alpha value is -1.06. The lowest BCUT2D eigenvalue weighted by atomic mass is 9.96. The lowest BCUT2D eigenvalue weighted by molar-refractivity contribution is -0.122. The van der Waals surface area contributed by atoms with Crippen molar-refractivity contribution in [2.75, 3.05) is 11.9 Å². The Kier molecular flexibility index (Phi) is 4.97. The lowest BCUT2D eigenvalue weighted by Gasteiger charge is -2.18. The molecule has 1 amide bonds. The second kappa shape index (κ2) is 6.03. The van der Waals surface area contributed by atoms with Crippen LogP contribution < -0.4 is 5.32 Å². The Bertz CT molecular complexity index is 404. The van der Waals surface area contributed by atoms with Crippen molar-refractivity contribution in [3.05, 3.63) is 28.8 Å². The number of carbonyl (C=O) groups excluding carboxylic acids is 1. The van der Waals surface area contributed by atoms with Gasteiger partial charge in [-0.25, -0.2) is 0 Å². The van der Waals surface area contributed by atoms with E-state index >= 15 is 0 Å². The zero-order valence-corrected chi connectivity index (χ0v) is 11.1. The molecule has 94 valence electrons. The van der Waals surface area contributed by atoms with E-state index in [9.17, 15) is 9.90 Å². The number of rotatable bonds is 4. The van der Waals surface area contributed by atoms with E-state index in [0.29, 0.717) is 10.7 Å². The van der Waals surface area contributed by atoms with Gasteiger partial charge in [0, 0.05) is 10.7 Å². The zero-order chi connectivity index (χ0) is 13.0. The summed E-state index contributed by atoms with van der Waals surface area (Å²) in [4.78, 5) is 11.9. The molecule has 0 radical (unpaired) electrons. The Morgan fingerprint density at radius 3 is 2.65 bits per heavy atom. The van der Waals surface area contributed by atoms with Crippen molar-refractivity contribution in [1.29, 1.82) is 0 Å². The van der Waals surface area contributed by atoms with Gasteiger partial charge in [-0.05, 0) is 30.5 Å². The van der Waals surface area contributed by atoms with Gasteiger partial charge in [0.25, 0.3) is 0 Å². The summed E-state index contributed by atoms with van der Waals surface area (Å²) in [5, 5.41) is 12.6. The molecule has 0 aliphatic rings. The van der Waals surface area contributed by atoms with Crippen LogP contribution in [0.2, 0.25) is 5.02 Å². The molecule has 1 aromatic rings. The minimum absolute atomic E-state index is 0.0968. The third kappa shape index (κ3) is 3.45. The number of anilines is 1. The van der Waals surface area contributed by atoms with Crippen LogP contribution in [0.4, 0.5) is 5.69 Å². The van der Waals surface area contributed by atoms with E-state index in [4.69, 9.17) is 11.6 Å². The summed E-state index contributed by atoms with van der Waals surface area (Å²) in [6.45, 7) is 5.51. The minimum Gasteiger partial charge on any atom is -0.396 e. The van der Waals surface area contributed by atoms with Crippen LogP contribution in [0.3, 0.4) is 0 Å². The maximum absolute atomic E-state index is 11.9. The number of hydrogen-bond acceptors (Lipinski definition) is 2. The molecule has 0 saturated heterocycles. The topological polar surface area (TPSA) is 49.3 Å². The molecular weight excluding hydrogens is 238 g/mol. The van der Waals surface area contributed by atoms with Gasteiger partial charge >= 0.3 is 0 Å². The molecule has 0 spiro atoms. The van der Waals surface area contributed by atoms with Crippen molar-refractivity contribution in [3.63, 3.8) is 0 Å². The van der Waals surface area contributed by atoms with Gasteiger partial charge in [-0.3, -0.25) is 4.79 Å². The van der Waals surface area contributed by atoms with Crippen LogP contribution >= 0.6 is 11.6 Å². The fraction of sp³-hybridized carbons (Fsp3) is 0.462. The fourth-order valence-corrected chi connectivity index (χ4v) is 1.74. The number of aliphatic hydroxyl groups excluding tert-OH is 1. The predicted octanol–water partition coefficient (Wildman–Crippen LogP) is 2.85. The van der Waals surface area contributed by atoms with Gasteiger partial charge in [-0.15, -0.1) is 0 Å². The molecule has 0 heterocycles. The second-order valence-electron chi connectivity index (χ2n) is 4.43. The van der Waals surface area contributed by atoms with Gasteiger partial charge in [-0.2, -0.15) is 0 Å². The van der Waals surface area contributed by atoms with E-state index < -0.39 is 5.92 Å². The number of halogens is 1. The van der Waals surface area contributed by atoms with E-state index in [1.165, 1.54) is 0 Å². The normalized spacial score (nSPS) is 12.6. The number of aliphatic hydroxyl groups is 1. The molecule has 1 atom stereocenters. The number of carbonyl (C=O) groups is 1. The average Bonchev–Trinajstić information content (AvgIpc) is 2.25. The summed E-state index contributed by atoms with van der Waals surface area (Å²) in [5.41, 5.74) is 1.53. The van der Waals surface area contributed by atoms with Crippen molar-refractivity contribution in [1.82, 2.24) is 0 Å². The highest BCUT2D eigenvalue weighted by Crippen LogP contribution is 2.24. The van der Waals surface area contributed by atoms with Gasteiger partial charge in [0.2, 0.25) is 5.91 Å². The smallest absolute Gasteiger partial charge is 0.230 e. The molecule has 0 bridgehead atoms. The van der Waals surface area contributed by atoms with Gasteiger partial charge in [-0.1, -0.05) is 31.5 Å². The van der Waals surface area contributed by atoms with Crippen molar-refractivity contribution in [2.45, 2.75) is 20.8 Å². The molecule has 2 N–H and O–H groups in total. The number of benzene rings is 1. The second-order valence-corrected chi connectivity index (χ2v) is 4.84. The van der Waals surface area contributed by atoms with Crippen LogP contribution in [0.5, 0.6) is 0 Å². The van der Waals surface area contributed by atoms with Crippen LogP contribution in [-0.2, 0) is 4.79 Å². The van der Waals surface area contributed by atoms with Crippen LogP contribution in [0, 0.1) is 18.8 Å². The molecule has 0 saturated carbocycles. The van der Waals surface area contributed by atoms with E-state index in [1.807, 2.05) is 20.8 Å². The largest absolute Gasteiger partial charge is 0.396 e. The maximum atomic E-state index is 11.9. The first-order chi connectivity index (χ1) is 7.97. The zero-order valence-electron chi connectivity index (χ0n) is 10.3. The first-order valence-corrected chi connectivity index (χ1v) is 6.02. The van der Waals surface area contributed by atoms with Gasteiger partial charge in [0.1, 0.15) is 0 Å². The first kappa shape index (κ1) is 14.0. The van der Waals surface area contributed by atoms with Crippen molar-refractivity contribution in [2.24, 2.45) is 11.8 Å². The highest BCUT2D eigenvalue weighted by atomic mass is 35.5. The van der Waals surface area contributed by atoms with Crippen LogP contribution in [0.15, 0.2) is 18.2 Å². The molecule has 1 unspecified atom stereocenters. The highest BCUT2D eigenvalue weighted by Gasteiger charge is 2.21. The molecule has 0 aliphatic carbocycles. The molecule has 1 aromatic carbocycles. The first-order valence-electron chi connectivity index (χ1n) is 5.64. The molecule has 0 aromatic heterocycles. The van der Waals surface area contributed by atoms with Crippen molar-refractivity contribution in [3.8, 4) is 0 Å². The summed E-state index contributed by atoms with van der Waals surface area (Å²) >= 11 is 5.97. The molecule has 0 aliphatic heterocycles. The standard InChI is InChI=1S/C13H18ClNO2/c1-8(2)10(7-16)13(17)15-12-6-4-5-11(14)9(12)3/h4-6,8,10,16H,7H2,1-3H3,(H,15,17). The summed E-state index contributed by atoms with van der Waals surface area (Å²) in [5.74, 6) is -0.472. The molecule has 1 rings (SSSR count). The van der Waals surface area contributed by atoms with Gasteiger partial charge in [0.15, 0.2) is 0 Å². The minimum atomic E-state index is -0.395. The van der Waals surface area contributed by atoms with Gasteiger partial charge in [0.05, 0.1) is 12.5 Å². The summed E-state index contributed by atoms with van der Waals surface area (Å²) in [6.07, 6.45) is 0. The van der Waals surface area contributed by atoms with Crippen LogP contribution in [-0.4, -0.2) is 17.6 Å². The van der Waals surface area contributed by atoms with E-state index in [1.54, 1.807) is 18.2 Å². The summed E-state index contributed by atoms with van der Waals surface area (Å²) in [7, 11) is 0. The predicted molar refractivity (Wildman–Crippen MR) is 70.2 cm³/mol. The molecule has 17 heavy (non-hydrogen) atoms. The Morgan fingerprint density at radius 1 is 1.47 bits per heavy atom. The number of hydrogen-bond donors (Lipinski definition) is 2. The Balaban J connectivity index is 2.84. The molecule has 3 nitrogen and oxygen atoms in total. The third-order valence-electron chi connectivity index (χ3n) is 2.86. The Labute approximate surface area is 107 Å². The van der Waals surface area contributed by atoms with Crippen LogP contribution in [0.1, 0.15) is 19.4 Å². The Morgan fingerprint density at radius 2 is 2.12 bits per heavy atom. The third-order valence-corrected chi connectivity index (χ3v) is 3.27. The molecular formula is C13H18ClNO2. The van der Waals surface area contributed by atoms with E-state index in [0.717, 1.165) is 5.56 Å². The molecule has 0 fully saturated rings. The summed E-state index contributed by atoms with van der Waals surface area (Å²) < 4.78 is 0. The van der Waals surface area contributed by atoms with Gasteiger partial charge < -0.3 is 10.4 Å². The maximum Gasteiger partial charge on any atom is 0.230 e. The number of nitrogens with one attached hydrogen (secondary N) is 1. The highest BCUT2D eigenvalue weighted by molar-refractivity contribution is 6.31. The quantitative estimate of drug-likeness (QED) is 0.869. The monoisotopic (exact) mass is 255 g/mol. The average molecular weight is 256 g/mol. The fourth-order valence-electron chi connectivity index (χ4n) is 1.56. The van der Waals surface area contributed by atoms with E-state index in [-0.39, 0.29) is 18.4 Å². The van der Waals surface area contributed by atoms with Crippen LogP contribution in [0.25, 0.3) is 0 Å². The lowest BCUT2D eigenvalue weighted by Crippen LogP contribution is -2.30. The number of amides is 1.